The van der Waals surface area contributed by atoms with Crippen molar-refractivity contribution in [2.24, 2.45) is 5.73 Å². The van der Waals surface area contributed by atoms with E-state index in [4.69, 9.17) is 17.3 Å². The Kier molecular flexibility index (Phi) is 4.46. The number of hydrogen-bond donors (Lipinski definition) is 1. The maximum atomic E-state index is 11.5. The molecule has 0 aliphatic heterocycles. The van der Waals surface area contributed by atoms with Crippen LogP contribution >= 0.6 is 11.6 Å². The topological polar surface area (TPSA) is 69.4 Å². The van der Waals surface area contributed by atoms with Crippen molar-refractivity contribution in [2.45, 2.75) is 12.5 Å². The van der Waals surface area contributed by atoms with E-state index in [1.807, 2.05) is 0 Å². The van der Waals surface area contributed by atoms with Crippen LogP contribution in [-0.2, 0) is 14.3 Å². The third-order valence-corrected chi connectivity index (χ3v) is 2.37. The molecule has 1 atom stereocenters. The minimum Gasteiger partial charge on any atom is -0.469 e. The van der Waals surface area contributed by atoms with Crippen LogP contribution in [0.25, 0.3) is 0 Å². The Morgan fingerprint density at radius 3 is 2.44 bits per heavy atom. The van der Waals surface area contributed by atoms with E-state index in [0.717, 1.165) is 0 Å². The van der Waals surface area contributed by atoms with Gasteiger partial charge in [0.2, 0.25) is 0 Å². The second kappa shape index (κ2) is 5.63. The first-order valence-corrected chi connectivity index (χ1v) is 5.03. The van der Waals surface area contributed by atoms with Crippen LogP contribution < -0.4 is 5.73 Å². The largest absolute Gasteiger partial charge is 0.469 e. The van der Waals surface area contributed by atoms with Gasteiger partial charge in [0.1, 0.15) is 6.42 Å². The molecule has 0 heterocycles. The van der Waals surface area contributed by atoms with Crippen molar-refractivity contribution in [2.75, 3.05) is 7.11 Å². The summed E-state index contributed by atoms with van der Waals surface area (Å²) in [6.45, 7) is 0. The number of carbonyl (C=O) groups is 2. The van der Waals surface area contributed by atoms with Gasteiger partial charge < -0.3 is 10.5 Å². The van der Waals surface area contributed by atoms with Crippen LogP contribution in [0.4, 0.5) is 0 Å². The van der Waals surface area contributed by atoms with Gasteiger partial charge in [0, 0.05) is 5.02 Å². The van der Waals surface area contributed by atoms with E-state index in [1.165, 1.54) is 7.11 Å². The fraction of sp³-hybridized carbons (Fsp3) is 0.273. The van der Waals surface area contributed by atoms with Crippen LogP contribution in [-0.4, -0.2) is 18.9 Å². The number of ether oxygens (including phenoxy) is 1. The molecule has 0 radical (unpaired) electrons. The lowest BCUT2D eigenvalue weighted by molar-refractivity contribution is -0.143. The Morgan fingerprint density at radius 2 is 1.94 bits per heavy atom. The molecule has 0 fully saturated rings. The summed E-state index contributed by atoms with van der Waals surface area (Å²) in [5.74, 6) is -0.969. The van der Waals surface area contributed by atoms with Crippen molar-refractivity contribution in [1.82, 2.24) is 0 Å². The van der Waals surface area contributed by atoms with Gasteiger partial charge in [-0.2, -0.15) is 0 Å². The molecular weight excluding hydrogens is 230 g/mol. The average molecular weight is 242 g/mol. The number of nitrogens with two attached hydrogens (primary N) is 1. The van der Waals surface area contributed by atoms with Crippen LogP contribution in [0.3, 0.4) is 0 Å². The van der Waals surface area contributed by atoms with E-state index < -0.39 is 12.0 Å². The average Bonchev–Trinajstić information content (AvgIpc) is 2.28. The highest BCUT2D eigenvalue weighted by Gasteiger charge is 2.19. The molecule has 4 nitrogen and oxygen atoms in total. The molecular formula is C11H12ClNO3. The van der Waals surface area contributed by atoms with E-state index in [2.05, 4.69) is 4.74 Å². The molecule has 0 aliphatic carbocycles. The molecule has 2 N–H and O–H groups in total. The smallest absolute Gasteiger partial charge is 0.313 e. The van der Waals surface area contributed by atoms with Gasteiger partial charge in [0.05, 0.1) is 13.2 Å². The molecule has 1 rings (SSSR count). The quantitative estimate of drug-likeness (QED) is 0.640. The van der Waals surface area contributed by atoms with Gasteiger partial charge in [-0.05, 0) is 17.7 Å². The number of carbonyl (C=O) groups excluding carboxylic acids is 2. The van der Waals surface area contributed by atoms with Gasteiger partial charge in [-0.25, -0.2) is 0 Å². The van der Waals surface area contributed by atoms with Crippen LogP contribution in [0, 0.1) is 0 Å². The number of esters is 1. The summed E-state index contributed by atoms with van der Waals surface area (Å²) in [7, 11) is 1.23. The Morgan fingerprint density at radius 1 is 1.38 bits per heavy atom. The molecule has 0 spiro atoms. The Balaban J connectivity index is 2.70. The first-order valence-electron chi connectivity index (χ1n) is 4.65. The minimum atomic E-state index is -0.823. The van der Waals surface area contributed by atoms with Gasteiger partial charge in [-0.1, -0.05) is 23.7 Å². The summed E-state index contributed by atoms with van der Waals surface area (Å²) < 4.78 is 4.39. The summed E-state index contributed by atoms with van der Waals surface area (Å²) in [5, 5.41) is 0.566. The predicted molar refractivity (Wildman–Crippen MR) is 60.0 cm³/mol. The molecule has 1 unspecified atom stereocenters. The van der Waals surface area contributed by atoms with Crippen molar-refractivity contribution in [3.63, 3.8) is 0 Å². The molecule has 1 aromatic carbocycles. The third-order valence-electron chi connectivity index (χ3n) is 2.12. The van der Waals surface area contributed by atoms with Crippen LogP contribution in [0.15, 0.2) is 24.3 Å². The van der Waals surface area contributed by atoms with Gasteiger partial charge in [-0.15, -0.1) is 0 Å². The molecule has 5 heteroatoms. The zero-order valence-corrected chi connectivity index (χ0v) is 9.53. The number of benzene rings is 1. The number of Topliss-reactive ketones (excluding diaryl/α,β-unsaturated/α-hetero) is 1. The van der Waals surface area contributed by atoms with Crippen molar-refractivity contribution < 1.29 is 14.3 Å². The second-order valence-electron chi connectivity index (χ2n) is 3.25. The molecule has 1 aromatic rings. The standard InChI is InChI=1S/C11H12ClNO3/c1-16-10(15)6-9(14)11(13)7-2-4-8(12)5-3-7/h2-5,11H,6,13H2,1H3. The third kappa shape index (κ3) is 3.32. The lowest BCUT2D eigenvalue weighted by Gasteiger charge is -2.10. The molecule has 0 bridgehead atoms. The summed E-state index contributed by atoms with van der Waals surface area (Å²) in [5.41, 5.74) is 6.31. The molecule has 0 aliphatic rings. The van der Waals surface area contributed by atoms with Crippen LogP contribution in [0.2, 0.25) is 5.02 Å². The molecule has 0 saturated carbocycles. The van der Waals surface area contributed by atoms with Gasteiger partial charge in [-0.3, -0.25) is 9.59 Å². The minimum absolute atomic E-state index is 0.319. The maximum Gasteiger partial charge on any atom is 0.313 e. The lowest BCUT2D eigenvalue weighted by atomic mass is 10.0. The van der Waals surface area contributed by atoms with E-state index in [9.17, 15) is 9.59 Å². The monoisotopic (exact) mass is 241 g/mol. The van der Waals surface area contributed by atoms with E-state index in [-0.39, 0.29) is 12.2 Å². The summed E-state index contributed by atoms with van der Waals surface area (Å²) in [6.07, 6.45) is -0.319. The lowest BCUT2D eigenvalue weighted by Crippen LogP contribution is -2.24. The van der Waals surface area contributed by atoms with Crippen molar-refractivity contribution in [3.05, 3.63) is 34.9 Å². The highest BCUT2D eigenvalue weighted by Crippen LogP contribution is 2.16. The second-order valence-corrected chi connectivity index (χ2v) is 3.68. The number of ketones is 1. The van der Waals surface area contributed by atoms with E-state index in [0.29, 0.717) is 10.6 Å². The first kappa shape index (κ1) is 12.7. The summed E-state index contributed by atoms with van der Waals surface area (Å²) in [4.78, 5) is 22.4. The van der Waals surface area contributed by atoms with Crippen LogP contribution in [0.1, 0.15) is 18.0 Å². The zero-order valence-electron chi connectivity index (χ0n) is 8.77. The number of halogens is 1. The number of rotatable bonds is 4. The molecule has 86 valence electrons. The highest BCUT2D eigenvalue weighted by atomic mass is 35.5. The zero-order chi connectivity index (χ0) is 12.1. The first-order chi connectivity index (χ1) is 7.54. The Hall–Kier alpha value is -1.39. The van der Waals surface area contributed by atoms with Crippen molar-refractivity contribution in [3.8, 4) is 0 Å². The summed E-state index contributed by atoms with van der Waals surface area (Å²) in [6, 6.07) is 5.77. The SMILES string of the molecule is COC(=O)CC(=O)C(N)c1ccc(Cl)cc1. The fourth-order valence-corrected chi connectivity index (χ4v) is 1.31. The number of methoxy groups -OCH3 is 1. The van der Waals surface area contributed by atoms with E-state index >= 15 is 0 Å². The molecule has 0 amide bonds. The van der Waals surface area contributed by atoms with Gasteiger partial charge >= 0.3 is 5.97 Å². The molecule has 0 aromatic heterocycles. The molecule has 16 heavy (non-hydrogen) atoms. The fourth-order valence-electron chi connectivity index (χ4n) is 1.18. The maximum absolute atomic E-state index is 11.5. The Bertz CT molecular complexity index is 389. The van der Waals surface area contributed by atoms with Gasteiger partial charge in [0.15, 0.2) is 5.78 Å². The number of hydrogen-bond acceptors (Lipinski definition) is 4. The predicted octanol–water partition coefficient (Wildman–Crippen LogP) is 1.47. The van der Waals surface area contributed by atoms with Crippen LogP contribution in [0.5, 0.6) is 0 Å². The van der Waals surface area contributed by atoms with E-state index in [1.54, 1.807) is 24.3 Å². The normalized spacial score (nSPS) is 11.9. The Labute approximate surface area is 98.3 Å². The summed E-state index contributed by atoms with van der Waals surface area (Å²) >= 11 is 5.70. The van der Waals surface area contributed by atoms with Crippen molar-refractivity contribution in [1.29, 1.82) is 0 Å². The van der Waals surface area contributed by atoms with Crippen molar-refractivity contribution >= 4 is 23.4 Å². The molecule has 0 saturated heterocycles. The van der Waals surface area contributed by atoms with Gasteiger partial charge in [0.25, 0.3) is 0 Å². The highest BCUT2D eigenvalue weighted by molar-refractivity contribution is 6.30.